The number of hydrogen-bond acceptors (Lipinski definition) is 6. The Morgan fingerprint density at radius 3 is 2.79 bits per heavy atom. The summed E-state index contributed by atoms with van der Waals surface area (Å²) < 4.78 is 5.27. The van der Waals surface area contributed by atoms with Gasteiger partial charge in [0.1, 0.15) is 4.88 Å². The highest BCUT2D eigenvalue weighted by atomic mass is 32.1. The molecule has 3 heterocycles. The Morgan fingerprint density at radius 2 is 2.11 bits per heavy atom. The van der Waals surface area contributed by atoms with Gasteiger partial charge in [0.2, 0.25) is 0 Å². The number of aromatic nitrogens is 3. The number of thiophene rings is 1. The molecule has 0 spiro atoms. The highest BCUT2D eigenvalue weighted by molar-refractivity contribution is 7.14. The van der Waals surface area contributed by atoms with Gasteiger partial charge in [0.25, 0.3) is 5.89 Å². The lowest BCUT2D eigenvalue weighted by Gasteiger charge is -1.94. The van der Waals surface area contributed by atoms with E-state index >= 15 is 0 Å². The first kappa shape index (κ1) is 11.9. The van der Waals surface area contributed by atoms with E-state index in [2.05, 4.69) is 15.1 Å². The van der Waals surface area contributed by atoms with E-state index in [9.17, 15) is 0 Å². The lowest BCUT2D eigenvalue weighted by Crippen LogP contribution is -1.91. The number of rotatable bonds is 3. The van der Waals surface area contributed by atoms with E-state index in [0.717, 1.165) is 16.0 Å². The molecule has 0 saturated heterocycles. The average molecular weight is 272 g/mol. The van der Waals surface area contributed by atoms with Gasteiger partial charge in [0, 0.05) is 18.8 Å². The lowest BCUT2D eigenvalue weighted by atomic mass is 10.2. The summed E-state index contributed by atoms with van der Waals surface area (Å²) in [7, 11) is 0. The summed E-state index contributed by atoms with van der Waals surface area (Å²) in [6.07, 6.45) is 4.12. The number of nitrogen functional groups attached to an aromatic ring is 1. The fourth-order valence-corrected chi connectivity index (χ4v) is 2.61. The van der Waals surface area contributed by atoms with Crippen LogP contribution in [-0.2, 0) is 6.42 Å². The number of hydrogen-bond donors (Lipinski definition) is 1. The molecule has 6 heteroatoms. The summed E-state index contributed by atoms with van der Waals surface area (Å²) >= 11 is 1.52. The maximum Gasteiger partial charge on any atom is 0.270 e. The highest BCUT2D eigenvalue weighted by Gasteiger charge is 2.15. The second kappa shape index (κ2) is 4.81. The number of pyridine rings is 1. The van der Waals surface area contributed by atoms with Gasteiger partial charge < -0.3 is 10.3 Å². The zero-order valence-electron chi connectivity index (χ0n) is 10.3. The predicted octanol–water partition coefficient (Wildman–Crippen LogP) is 2.67. The van der Waals surface area contributed by atoms with E-state index in [1.807, 2.05) is 24.4 Å². The van der Waals surface area contributed by atoms with Crippen LogP contribution in [0.15, 0.2) is 34.4 Å². The van der Waals surface area contributed by atoms with E-state index < -0.39 is 0 Å². The van der Waals surface area contributed by atoms with Crippen LogP contribution in [0.25, 0.3) is 10.8 Å². The fraction of sp³-hybridized carbons (Fsp3) is 0.154. The summed E-state index contributed by atoms with van der Waals surface area (Å²) in [6.45, 7) is 1.96. The fourth-order valence-electron chi connectivity index (χ4n) is 1.72. The average Bonchev–Trinajstić information content (AvgIpc) is 3.00. The number of nitrogens with zero attached hydrogens (tertiary/aromatic N) is 3. The second-order valence-corrected chi connectivity index (χ2v) is 5.09. The molecule has 3 rings (SSSR count). The molecule has 5 nitrogen and oxygen atoms in total. The molecule has 0 aromatic carbocycles. The van der Waals surface area contributed by atoms with Gasteiger partial charge in [0.05, 0.1) is 5.69 Å². The van der Waals surface area contributed by atoms with Gasteiger partial charge in [-0.25, -0.2) is 0 Å². The van der Waals surface area contributed by atoms with Crippen molar-refractivity contribution in [1.29, 1.82) is 0 Å². The maximum absolute atomic E-state index is 5.97. The van der Waals surface area contributed by atoms with Crippen molar-refractivity contribution in [3.63, 3.8) is 0 Å². The molecular formula is C13H12N4OS. The van der Waals surface area contributed by atoms with Crippen LogP contribution in [-0.4, -0.2) is 15.1 Å². The Labute approximate surface area is 114 Å². The third-order valence-corrected chi connectivity index (χ3v) is 3.90. The van der Waals surface area contributed by atoms with Gasteiger partial charge in [-0.1, -0.05) is 5.16 Å². The van der Waals surface area contributed by atoms with Crippen LogP contribution in [0, 0.1) is 6.92 Å². The van der Waals surface area contributed by atoms with Crippen molar-refractivity contribution in [2.75, 3.05) is 5.73 Å². The van der Waals surface area contributed by atoms with Gasteiger partial charge in [0.15, 0.2) is 5.82 Å². The molecule has 3 aromatic heterocycles. The minimum absolute atomic E-state index is 0.486. The normalized spacial score (nSPS) is 10.8. The van der Waals surface area contributed by atoms with Crippen LogP contribution in [0.1, 0.15) is 17.0 Å². The molecule has 19 heavy (non-hydrogen) atoms. The van der Waals surface area contributed by atoms with Crippen molar-refractivity contribution in [3.05, 3.63) is 46.9 Å². The SMILES string of the molecule is Cc1csc(-c2nc(Cc3ccncc3)no2)c1N. The van der Waals surface area contributed by atoms with Crippen LogP contribution < -0.4 is 5.73 Å². The summed E-state index contributed by atoms with van der Waals surface area (Å²) in [5, 5.41) is 5.97. The zero-order chi connectivity index (χ0) is 13.2. The van der Waals surface area contributed by atoms with Gasteiger partial charge in [-0.2, -0.15) is 4.98 Å². The highest BCUT2D eigenvalue weighted by Crippen LogP contribution is 2.33. The van der Waals surface area contributed by atoms with Crippen molar-refractivity contribution in [2.45, 2.75) is 13.3 Å². The monoisotopic (exact) mass is 272 g/mol. The molecule has 0 aliphatic carbocycles. The van der Waals surface area contributed by atoms with E-state index in [4.69, 9.17) is 10.3 Å². The van der Waals surface area contributed by atoms with Crippen LogP contribution in [0.5, 0.6) is 0 Å². The van der Waals surface area contributed by atoms with E-state index in [0.29, 0.717) is 23.8 Å². The maximum atomic E-state index is 5.97. The largest absolute Gasteiger partial charge is 0.397 e. The van der Waals surface area contributed by atoms with Crippen LogP contribution >= 0.6 is 11.3 Å². The van der Waals surface area contributed by atoms with Crippen LogP contribution in [0.4, 0.5) is 5.69 Å². The minimum Gasteiger partial charge on any atom is -0.397 e. The van der Waals surface area contributed by atoms with Crippen LogP contribution in [0.3, 0.4) is 0 Å². The Bertz CT molecular complexity index is 690. The predicted molar refractivity (Wildman–Crippen MR) is 73.8 cm³/mol. The molecule has 0 amide bonds. The van der Waals surface area contributed by atoms with E-state index in [-0.39, 0.29) is 0 Å². The lowest BCUT2D eigenvalue weighted by molar-refractivity contribution is 0.425. The Kier molecular flexibility index (Phi) is 3.00. The Hall–Kier alpha value is -2.21. The number of nitrogens with two attached hydrogens (primary N) is 1. The molecule has 0 fully saturated rings. The van der Waals surface area contributed by atoms with Gasteiger partial charge in [-0.3, -0.25) is 4.98 Å². The first-order chi connectivity index (χ1) is 9.24. The first-order valence-electron chi connectivity index (χ1n) is 5.79. The van der Waals surface area contributed by atoms with Crippen molar-refractivity contribution in [1.82, 2.24) is 15.1 Å². The molecule has 0 radical (unpaired) electrons. The van der Waals surface area contributed by atoms with Crippen LogP contribution in [0.2, 0.25) is 0 Å². The molecule has 0 aliphatic heterocycles. The van der Waals surface area contributed by atoms with E-state index in [1.165, 1.54) is 11.3 Å². The summed E-state index contributed by atoms with van der Waals surface area (Å²) in [6, 6.07) is 3.86. The Morgan fingerprint density at radius 1 is 1.32 bits per heavy atom. The van der Waals surface area contributed by atoms with Crippen molar-refractivity contribution >= 4 is 17.0 Å². The molecule has 0 atom stereocenters. The Balaban J connectivity index is 1.86. The van der Waals surface area contributed by atoms with Crippen molar-refractivity contribution < 1.29 is 4.52 Å². The first-order valence-corrected chi connectivity index (χ1v) is 6.67. The molecule has 0 saturated carbocycles. The minimum atomic E-state index is 0.486. The molecule has 96 valence electrons. The third kappa shape index (κ3) is 2.34. The van der Waals surface area contributed by atoms with Gasteiger partial charge in [-0.15, -0.1) is 11.3 Å². The van der Waals surface area contributed by atoms with Gasteiger partial charge >= 0.3 is 0 Å². The summed E-state index contributed by atoms with van der Waals surface area (Å²) in [4.78, 5) is 9.20. The summed E-state index contributed by atoms with van der Waals surface area (Å²) in [5.74, 6) is 1.13. The molecule has 0 aliphatic rings. The number of aryl methyl sites for hydroxylation is 1. The molecule has 3 aromatic rings. The summed E-state index contributed by atoms with van der Waals surface area (Å²) in [5.41, 5.74) is 8.81. The molecule has 0 bridgehead atoms. The quantitative estimate of drug-likeness (QED) is 0.793. The topological polar surface area (TPSA) is 77.8 Å². The van der Waals surface area contributed by atoms with E-state index in [1.54, 1.807) is 12.4 Å². The third-order valence-electron chi connectivity index (χ3n) is 2.80. The zero-order valence-corrected chi connectivity index (χ0v) is 11.1. The standard InChI is InChI=1S/C13H12N4OS/c1-8-7-19-12(11(8)14)13-16-10(17-18-13)6-9-2-4-15-5-3-9/h2-5,7H,6,14H2,1H3. The number of anilines is 1. The molecular weight excluding hydrogens is 260 g/mol. The van der Waals surface area contributed by atoms with Gasteiger partial charge in [-0.05, 0) is 35.6 Å². The van der Waals surface area contributed by atoms with Crippen molar-refractivity contribution in [3.8, 4) is 10.8 Å². The smallest absolute Gasteiger partial charge is 0.270 e. The second-order valence-electron chi connectivity index (χ2n) is 4.21. The molecule has 2 N–H and O–H groups in total. The molecule has 0 unspecified atom stereocenters. The van der Waals surface area contributed by atoms with Crippen molar-refractivity contribution in [2.24, 2.45) is 0 Å².